The summed E-state index contributed by atoms with van der Waals surface area (Å²) in [5.41, 5.74) is 0. The molecule has 1 fully saturated rings. The van der Waals surface area contributed by atoms with Gasteiger partial charge in [-0.2, -0.15) is 4.72 Å². The average molecular weight is 357 g/mol. The molecule has 1 aromatic carbocycles. The first-order valence-corrected chi connectivity index (χ1v) is 9.57. The molecular weight excluding hydrogens is 333 g/mol. The Balaban J connectivity index is 2.12. The van der Waals surface area contributed by atoms with E-state index in [4.69, 9.17) is 0 Å². The average Bonchev–Trinajstić information content (AvgIpc) is 2.53. The summed E-state index contributed by atoms with van der Waals surface area (Å²) in [6.45, 7) is 5.07. The third kappa shape index (κ3) is 4.75. The molecular formula is C16H24FN3O3S. The monoisotopic (exact) mass is 357 g/mol. The predicted octanol–water partition coefficient (Wildman–Crippen LogP) is 0.997. The van der Waals surface area contributed by atoms with Gasteiger partial charge in [0.2, 0.25) is 15.9 Å². The van der Waals surface area contributed by atoms with Gasteiger partial charge in [-0.1, -0.05) is 26.0 Å². The Morgan fingerprint density at radius 3 is 2.62 bits per heavy atom. The molecule has 1 saturated heterocycles. The second kappa shape index (κ2) is 8.04. The van der Waals surface area contributed by atoms with Crippen LogP contribution in [0.4, 0.5) is 4.39 Å². The van der Waals surface area contributed by atoms with E-state index in [1.54, 1.807) is 13.8 Å². The topological polar surface area (TPSA) is 87.3 Å². The molecule has 0 saturated carbocycles. The molecule has 0 spiro atoms. The summed E-state index contributed by atoms with van der Waals surface area (Å²) in [7, 11) is -4.12. The van der Waals surface area contributed by atoms with Gasteiger partial charge in [0.15, 0.2) is 0 Å². The van der Waals surface area contributed by atoms with Crippen LogP contribution in [0.2, 0.25) is 0 Å². The number of nitrogens with one attached hydrogen (secondary N) is 3. The van der Waals surface area contributed by atoms with Crippen molar-refractivity contribution in [2.24, 2.45) is 5.92 Å². The van der Waals surface area contributed by atoms with Crippen LogP contribution >= 0.6 is 0 Å². The number of hydrogen-bond donors (Lipinski definition) is 3. The van der Waals surface area contributed by atoms with Gasteiger partial charge in [0.05, 0.1) is 0 Å². The van der Waals surface area contributed by atoms with Gasteiger partial charge in [0, 0.05) is 12.6 Å². The van der Waals surface area contributed by atoms with Crippen LogP contribution in [0, 0.1) is 11.7 Å². The van der Waals surface area contributed by atoms with Gasteiger partial charge in [-0.25, -0.2) is 12.8 Å². The maximum absolute atomic E-state index is 13.8. The number of carbonyl (C=O) groups excluding carboxylic acids is 1. The molecule has 1 amide bonds. The molecule has 1 aromatic rings. The first-order valence-electron chi connectivity index (χ1n) is 8.09. The Morgan fingerprint density at radius 2 is 2.04 bits per heavy atom. The standard InChI is InChI=1S/C16H24FN3O3S/c1-11(2)15(16(21)19-12-6-5-9-18-10-12)20-24(22,23)14-8-4-3-7-13(14)17/h3-4,7-8,11-12,15,18,20H,5-6,9-10H2,1-2H3,(H,19,21). The van der Waals surface area contributed by atoms with E-state index < -0.39 is 32.7 Å². The van der Waals surface area contributed by atoms with Crippen LogP contribution in [-0.4, -0.2) is 39.5 Å². The quantitative estimate of drug-likeness (QED) is 0.709. The fourth-order valence-electron chi connectivity index (χ4n) is 2.65. The number of amides is 1. The number of piperidine rings is 1. The lowest BCUT2D eigenvalue weighted by Gasteiger charge is -2.28. The van der Waals surface area contributed by atoms with E-state index >= 15 is 0 Å². The maximum atomic E-state index is 13.8. The van der Waals surface area contributed by atoms with Crippen molar-refractivity contribution in [3.8, 4) is 0 Å². The number of carbonyl (C=O) groups is 1. The fourth-order valence-corrected chi connectivity index (χ4v) is 4.07. The minimum atomic E-state index is -4.12. The molecule has 2 unspecified atom stereocenters. The molecule has 8 heteroatoms. The van der Waals surface area contributed by atoms with Crippen molar-refractivity contribution >= 4 is 15.9 Å². The van der Waals surface area contributed by atoms with Crippen LogP contribution in [0.15, 0.2) is 29.2 Å². The predicted molar refractivity (Wildman–Crippen MR) is 89.4 cm³/mol. The highest BCUT2D eigenvalue weighted by Crippen LogP contribution is 2.16. The molecule has 134 valence electrons. The molecule has 2 atom stereocenters. The van der Waals surface area contributed by atoms with Crippen molar-refractivity contribution < 1.29 is 17.6 Å². The molecule has 1 aliphatic rings. The summed E-state index contributed by atoms with van der Waals surface area (Å²) >= 11 is 0. The summed E-state index contributed by atoms with van der Waals surface area (Å²) in [5.74, 6) is -1.51. The van der Waals surface area contributed by atoms with Gasteiger partial charge in [-0.15, -0.1) is 0 Å². The van der Waals surface area contributed by atoms with Crippen LogP contribution in [0.25, 0.3) is 0 Å². The van der Waals surface area contributed by atoms with E-state index in [2.05, 4.69) is 15.4 Å². The fraction of sp³-hybridized carbons (Fsp3) is 0.562. The summed E-state index contributed by atoms with van der Waals surface area (Å²) in [6, 6.07) is 4.12. The normalized spacial score (nSPS) is 19.9. The lowest BCUT2D eigenvalue weighted by molar-refractivity contribution is -0.124. The van der Waals surface area contributed by atoms with E-state index in [0.717, 1.165) is 25.5 Å². The van der Waals surface area contributed by atoms with Crippen molar-refractivity contribution in [3.63, 3.8) is 0 Å². The molecule has 0 radical (unpaired) electrons. The zero-order valence-corrected chi connectivity index (χ0v) is 14.7. The van der Waals surface area contributed by atoms with E-state index in [-0.39, 0.29) is 12.0 Å². The Labute approximate surface area is 142 Å². The molecule has 24 heavy (non-hydrogen) atoms. The van der Waals surface area contributed by atoms with Crippen LogP contribution < -0.4 is 15.4 Å². The summed E-state index contributed by atoms with van der Waals surface area (Å²) < 4.78 is 41.0. The van der Waals surface area contributed by atoms with Crippen molar-refractivity contribution in [3.05, 3.63) is 30.1 Å². The Hall–Kier alpha value is -1.51. The van der Waals surface area contributed by atoms with E-state index in [0.29, 0.717) is 6.54 Å². The molecule has 1 heterocycles. The summed E-state index contributed by atoms with van der Waals surface area (Å²) in [6.07, 6.45) is 1.81. The zero-order chi connectivity index (χ0) is 17.7. The second-order valence-corrected chi connectivity index (χ2v) is 8.01. The number of rotatable bonds is 6. The van der Waals surface area contributed by atoms with Gasteiger partial charge >= 0.3 is 0 Å². The Kier molecular flexibility index (Phi) is 6.31. The third-order valence-electron chi connectivity index (χ3n) is 4.00. The van der Waals surface area contributed by atoms with Gasteiger partial charge in [0.25, 0.3) is 0 Å². The molecule has 1 aliphatic heterocycles. The first-order chi connectivity index (χ1) is 11.3. The van der Waals surface area contributed by atoms with Crippen LogP contribution in [-0.2, 0) is 14.8 Å². The highest BCUT2D eigenvalue weighted by atomic mass is 32.2. The Morgan fingerprint density at radius 1 is 1.33 bits per heavy atom. The summed E-state index contributed by atoms with van der Waals surface area (Å²) in [5, 5.41) is 6.05. The highest BCUT2D eigenvalue weighted by Gasteiger charge is 2.31. The van der Waals surface area contributed by atoms with Gasteiger partial charge in [0.1, 0.15) is 16.8 Å². The molecule has 2 rings (SSSR count). The summed E-state index contributed by atoms with van der Waals surface area (Å²) in [4.78, 5) is 12.0. The molecule has 0 aromatic heterocycles. The number of benzene rings is 1. The molecule has 0 bridgehead atoms. The van der Waals surface area contributed by atoms with Crippen molar-refractivity contribution in [2.75, 3.05) is 13.1 Å². The SMILES string of the molecule is CC(C)C(NS(=O)(=O)c1ccccc1F)C(=O)NC1CCCNC1. The number of sulfonamides is 1. The van der Waals surface area contributed by atoms with Gasteiger partial charge in [-0.3, -0.25) is 4.79 Å². The van der Waals surface area contributed by atoms with Crippen LogP contribution in [0.1, 0.15) is 26.7 Å². The number of halogens is 1. The molecule has 6 nitrogen and oxygen atoms in total. The van der Waals surface area contributed by atoms with E-state index in [1.807, 2.05) is 0 Å². The zero-order valence-electron chi connectivity index (χ0n) is 13.9. The maximum Gasteiger partial charge on any atom is 0.244 e. The lowest BCUT2D eigenvalue weighted by atomic mass is 10.0. The van der Waals surface area contributed by atoms with Gasteiger partial charge in [-0.05, 0) is 37.4 Å². The lowest BCUT2D eigenvalue weighted by Crippen LogP contribution is -2.54. The minimum Gasteiger partial charge on any atom is -0.351 e. The third-order valence-corrected chi connectivity index (χ3v) is 5.48. The van der Waals surface area contributed by atoms with E-state index in [9.17, 15) is 17.6 Å². The first kappa shape index (κ1) is 18.8. The smallest absolute Gasteiger partial charge is 0.244 e. The van der Waals surface area contributed by atoms with Gasteiger partial charge < -0.3 is 10.6 Å². The van der Waals surface area contributed by atoms with Crippen LogP contribution in [0.3, 0.4) is 0 Å². The highest BCUT2D eigenvalue weighted by molar-refractivity contribution is 7.89. The van der Waals surface area contributed by atoms with Crippen LogP contribution in [0.5, 0.6) is 0 Å². The van der Waals surface area contributed by atoms with Crippen molar-refractivity contribution in [1.82, 2.24) is 15.4 Å². The molecule has 0 aliphatic carbocycles. The number of hydrogen-bond acceptors (Lipinski definition) is 4. The van der Waals surface area contributed by atoms with Crippen molar-refractivity contribution in [1.29, 1.82) is 0 Å². The Bertz CT molecular complexity index is 673. The largest absolute Gasteiger partial charge is 0.351 e. The van der Waals surface area contributed by atoms with Crippen molar-refractivity contribution in [2.45, 2.75) is 43.7 Å². The second-order valence-electron chi connectivity index (χ2n) is 6.33. The van der Waals surface area contributed by atoms with E-state index in [1.165, 1.54) is 18.2 Å². The molecule has 3 N–H and O–H groups in total. The minimum absolute atomic E-state index is 0.0227.